The van der Waals surface area contributed by atoms with E-state index in [1.807, 2.05) is 72.9 Å². The number of benzene rings is 2. The number of para-hydroxylation sites is 1. The van der Waals surface area contributed by atoms with Crippen molar-refractivity contribution >= 4 is 33.4 Å². The molecule has 2 aromatic carbocycles. The number of carbonyl (C=O) groups is 1. The van der Waals surface area contributed by atoms with E-state index in [-0.39, 0.29) is 5.91 Å². The Morgan fingerprint density at radius 3 is 2.79 bits per heavy atom. The van der Waals surface area contributed by atoms with Crippen molar-refractivity contribution in [3.8, 4) is 11.3 Å². The van der Waals surface area contributed by atoms with E-state index in [0.717, 1.165) is 38.8 Å². The van der Waals surface area contributed by atoms with Gasteiger partial charge in [-0.1, -0.05) is 18.2 Å². The molecular weight excluding hydrogens is 348 g/mol. The molecule has 2 N–H and O–H groups in total. The molecule has 134 valence electrons. The van der Waals surface area contributed by atoms with Gasteiger partial charge in [0.15, 0.2) is 0 Å². The molecule has 0 spiro atoms. The van der Waals surface area contributed by atoms with E-state index in [4.69, 9.17) is 4.98 Å². The smallest absolute Gasteiger partial charge is 0.256 e. The third kappa shape index (κ3) is 2.89. The molecule has 5 rings (SSSR count). The number of carbonyl (C=O) groups excluding carboxylic acids is 1. The second-order valence-corrected chi connectivity index (χ2v) is 6.55. The summed E-state index contributed by atoms with van der Waals surface area (Å²) < 4.78 is 0. The van der Waals surface area contributed by atoms with Crippen molar-refractivity contribution in [2.45, 2.75) is 0 Å². The molecule has 0 aliphatic rings. The molecule has 3 aromatic heterocycles. The van der Waals surface area contributed by atoms with E-state index >= 15 is 0 Å². The van der Waals surface area contributed by atoms with Crippen molar-refractivity contribution in [2.24, 2.45) is 0 Å². The number of amides is 1. The number of rotatable bonds is 3. The van der Waals surface area contributed by atoms with Gasteiger partial charge in [0.1, 0.15) is 0 Å². The first-order chi connectivity index (χ1) is 13.8. The van der Waals surface area contributed by atoms with Crippen molar-refractivity contribution in [3.05, 3.63) is 90.9 Å². The van der Waals surface area contributed by atoms with Crippen LogP contribution >= 0.6 is 0 Å². The Morgan fingerprint density at radius 2 is 1.89 bits per heavy atom. The van der Waals surface area contributed by atoms with Crippen molar-refractivity contribution in [2.75, 3.05) is 5.32 Å². The Bertz CT molecular complexity index is 1310. The molecule has 0 saturated heterocycles. The van der Waals surface area contributed by atoms with E-state index in [2.05, 4.69) is 15.3 Å². The Balaban J connectivity index is 1.59. The second-order valence-electron chi connectivity index (χ2n) is 6.55. The fraction of sp³-hybridized carbons (Fsp3) is 0. The van der Waals surface area contributed by atoms with Crippen molar-refractivity contribution in [3.63, 3.8) is 0 Å². The minimum atomic E-state index is -0.168. The summed E-state index contributed by atoms with van der Waals surface area (Å²) in [5, 5.41) is 4.88. The van der Waals surface area contributed by atoms with Gasteiger partial charge in [0, 0.05) is 46.1 Å². The number of hydrogen-bond donors (Lipinski definition) is 2. The minimum Gasteiger partial charge on any atom is -0.361 e. The highest BCUT2D eigenvalue weighted by Crippen LogP contribution is 2.26. The molecule has 0 aliphatic carbocycles. The summed E-state index contributed by atoms with van der Waals surface area (Å²) in [7, 11) is 0. The van der Waals surface area contributed by atoms with E-state index in [9.17, 15) is 4.79 Å². The largest absolute Gasteiger partial charge is 0.361 e. The zero-order valence-corrected chi connectivity index (χ0v) is 14.9. The van der Waals surface area contributed by atoms with Crippen LogP contribution in [0.25, 0.3) is 33.1 Å². The Labute approximate surface area is 161 Å². The molecule has 0 fully saturated rings. The molecular formula is C23H16N4O. The van der Waals surface area contributed by atoms with Gasteiger partial charge in [-0.05, 0) is 48.5 Å². The monoisotopic (exact) mass is 364 g/mol. The molecule has 1 amide bonds. The molecule has 5 heteroatoms. The Kier molecular flexibility index (Phi) is 3.84. The lowest BCUT2D eigenvalue weighted by molar-refractivity contribution is 0.102. The lowest BCUT2D eigenvalue weighted by Gasteiger charge is -2.11. The number of hydrogen-bond acceptors (Lipinski definition) is 3. The van der Waals surface area contributed by atoms with Crippen LogP contribution in [0, 0.1) is 0 Å². The number of pyridine rings is 2. The van der Waals surface area contributed by atoms with E-state index < -0.39 is 0 Å². The predicted octanol–water partition coefficient (Wildman–Crippen LogP) is 5.03. The van der Waals surface area contributed by atoms with E-state index in [0.29, 0.717) is 5.56 Å². The molecule has 0 radical (unpaired) electrons. The van der Waals surface area contributed by atoms with Gasteiger partial charge in [0.05, 0.1) is 16.8 Å². The van der Waals surface area contributed by atoms with Crippen molar-refractivity contribution in [1.29, 1.82) is 0 Å². The summed E-state index contributed by atoms with van der Waals surface area (Å²) in [5.74, 6) is -0.168. The van der Waals surface area contributed by atoms with Crippen LogP contribution in [0.1, 0.15) is 10.4 Å². The van der Waals surface area contributed by atoms with Crippen LogP contribution in [0.5, 0.6) is 0 Å². The van der Waals surface area contributed by atoms with Gasteiger partial charge in [-0.15, -0.1) is 0 Å². The number of nitrogens with one attached hydrogen (secondary N) is 2. The maximum atomic E-state index is 13.1. The summed E-state index contributed by atoms with van der Waals surface area (Å²) in [4.78, 5) is 25.1. The molecule has 5 aromatic rings. The van der Waals surface area contributed by atoms with Crippen LogP contribution in [0.2, 0.25) is 0 Å². The minimum absolute atomic E-state index is 0.168. The molecule has 0 unspecified atom stereocenters. The van der Waals surface area contributed by atoms with Gasteiger partial charge in [0.2, 0.25) is 0 Å². The molecule has 0 bridgehead atoms. The number of aromatic nitrogens is 3. The van der Waals surface area contributed by atoms with E-state index in [1.54, 1.807) is 12.4 Å². The van der Waals surface area contributed by atoms with Gasteiger partial charge in [-0.3, -0.25) is 9.78 Å². The average Bonchev–Trinajstić information content (AvgIpc) is 3.21. The van der Waals surface area contributed by atoms with Gasteiger partial charge in [-0.25, -0.2) is 4.98 Å². The highest BCUT2D eigenvalue weighted by Gasteiger charge is 2.14. The third-order valence-corrected chi connectivity index (χ3v) is 4.73. The molecule has 3 heterocycles. The molecule has 0 saturated carbocycles. The fourth-order valence-corrected chi connectivity index (χ4v) is 3.35. The molecule has 5 nitrogen and oxygen atoms in total. The maximum absolute atomic E-state index is 13.1. The van der Waals surface area contributed by atoms with Crippen LogP contribution in [0.15, 0.2) is 85.3 Å². The quantitative estimate of drug-likeness (QED) is 0.472. The highest BCUT2D eigenvalue weighted by atomic mass is 16.1. The summed E-state index contributed by atoms with van der Waals surface area (Å²) in [6, 6.07) is 21.1. The third-order valence-electron chi connectivity index (χ3n) is 4.73. The van der Waals surface area contributed by atoms with Crippen molar-refractivity contribution < 1.29 is 4.79 Å². The van der Waals surface area contributed by atoms with E-state index in [1.165, 1.54) is 0 Å². The van der Waals surface area contributed by atoms with Gasteiger partial charge < -0.3 is 10.3 Å². The van der Waals surface area contributed by atoms with Crippen LogP contribution in [-0.2, 0) is 0 Å². The number of aromatic amines is 1. The Hall–Kier alpha value is -3.99. The molecule has 0 aliphatic heterocycles. The zero-order chi connectivity index (χ0) is 18.9. The second kappa shape index (κ2) is 6.63. The fourth-order valence-electron chi connectivity index (χ4n) is 3.35. The topological polar surface area (TPSA) is 70.7 Å². The Morgan fingerprint density at radius 1 is 0.964 bits per heavy atom. The first kappa shape index (κ1) is 16.2. The number of fused-ring (bicyclic) bond motifs is 2. The normalized spacial score (nSPS) is 11.0. The summed E-state index contributed by atoms with van der Waals surface area (Å²) in [6.45, 7) is 0. The van der Waals surface area contributed by atoms with Crippen LogP contribution in [0.4, 0.5) is 5.69 Å². The lowest BCUT2D eigenvalue weighted by Crippen LogP contribution is -2.13. The maximum Gasteiger partial charge on any atom is 0.256 e. The van der Waals surface area contributed by atoms with Crippen molar-refractivity contribution in [1.82, 2.24) is 15.0 Å². The SMILES string of the molecule is O=C(Nc1ccc2[nH]ccc2c1)c1cc(-c2cccnc2)nc2ccccc12. The number of H-pyrrole nitrogens is 1. The van der Waals surface area contributed by atoms with Gasteiger partial charge in [-0.2, -0.15) is 0 Å². The summed E-state index contributed by atoms with van der Waals surface area (Å²) in [6.07, 6.45) is 5.35. The number of anilines is 1. The van der Waals surface area contributed by atoms with Gasteiger partial charge in [0.25, 0.3) is 5.91 Å². The summed E-state index contributed by atoms with van der Waals surface area (Å²) in [5.41, 5.74) is 4.73. The first-order valence-electron chi connectivity index (χ1n) is 8.97. The number of nitrogens with zero attached hydrogens (tertiary/aromatic N) is 2. The standard InChI is InChI=1S/C23H16N4O/c28-23(26-17-7-8-20-15(12-17)9-11-25-20)19-13-22(16-4-3-10-24-14-16)27-21-6-2-1-5-18(19)21/h1-14,25H,(H,26,28). The lowest BCUT2D eigenvalue weighted by atomic mass is 10.0. The highest BCUT2D eigenvalue weighted by molar-refractivity contribution is 6.13. The predicted molar refractivity (Wildman–Crippen MR) is 111 cm³/mol. The first-order valence-corrected chi connectivity index (χ1v) is 8.97. The molecule has 0 atom stereocenters. The molecule has 28 heavy (non-hydrogen) atoms. The zero-order valence-electron chi connectivity index (χ0n) is 14.9. The van der Waals surface area contributed by atoms with Crippen LogP contribution in [-0.4, -0.2) is 20.9 Å². The van der Waals surface area contributed by atoms with Crippen LogP contribution < -0.4 is 5.32 Å². The summed E-state index contributed by atoms with van der Waals surface area (Å²) >= 11 is 0. The van der Waals surface area contributed by atoms with Crippen LogP contribution in [0.3, 0.4) is 0 Å². The average molecular weight is 364 g/mol. The van der Waals surface area contributed by atoms with Gasteiger partial charge >= 0.3 is 0 Å².